The predicted octanol–water partition coefficient (Wildman–Crippen LogP) is 16.1. The Labute approximate surface area is 388 Å². The molecule has 1 spiro atoms. The minimum atomic E-state index is -0.379. The summed E-state index contributed by atoms with van der Waals surface area (Å²) >= 11 is 1.86. The van der Waals surface area contributed by atoms with Crippen LogP contribution in [0.15, 0.2) is 222 Å². The highest BCUT2D eigenvalue weighted by Gasteiger charge is 2.51. The molecular weight excluding hydrogens is 817 g/mol. The molecule has 0 fully saturated rings. The van der Waals surface area contributed by atoms with Crippen LogP contribution >= 0.6 is 11.3 Å². The molecule has 0 N–H and O–H groups in total. The van der Waals surface area contributed by atoms with Gasteiger partial charge < -0.3 is 0 Å². The van der Waals surface area contributed by atoms with Crippen LogP contribution in [0.2, 0.25) is 0 Å². The summed E-state index contributed by atoms with van der Waals surface area (Å²) in [5, 5.41) is 2.57. The number of aliphatic imine (C=N–C) groups is 2. The van der Waals surface area contributed by atoms with Crippen LogP contribution in [0.4, 0.5) is 0 Å². The van der Waals surface area contributed by atoms with Crippen LogP contribution in [0.3, 0.4) is 0 Å². The average Bonchev–Trinajstić information content (AvgIpc) is 4.01. The maximum absolute atomic E-state index is 5.69. The molecule has 14 rings (SSSR count). The highest BCUT2D eigenvalue weighted by Crippen LogP contribution is 2.63. The average molecular weight is 859 g/mol. The van der Waals surface area contributed by atoms with Crippen molar-refractivity contribution >= 4 is 48.8 Å². The second kappa shape index (κ2) is 14.7. The van der Waals surface area contributed by atoms with Gasteiger partial charge in [0.25, 0.3) is 0 Å². The van der Waals surface area contributed by atoms with E-state index in [2.05, 4.69) is 212 Å². The third-order valence-corrected chi connectivity index (χ3v) is 15.9. The van der Waals surface area contributed by atoms with Crippen LogP contribution in [0, 0.1) is 0 Å². The lowest BCUT2D eigenvalue weighted by Crippen LogP contribution is -2.25. The van der Waals surface area contributed by atoms with Gasteiger partial charge in [0.1, 0.15) is 5.84 Å². The van der Waals surface area contributed by atoms with Gasteiger partial charge in [-0.2, -0.15) is 0 Å². The molecule has 9 aromatic carbocycles. The van der Waals surface area contributed by atoms with E-state index in [1.807, 2.05) is 11.3 Å². The second-order valence-corrected chi connectivity index (χ2v) is 19.2. The molecule has 310 valence electrons. The van der Waals surface area contributed by atoms with Gasteiger partial charge >= 0.3 is 0 Å². The van der Waals surface area contributed by atoms with Gasteiger partial charge in [-0.25, -0.2) is 9.98 Å². The number of allylic oxidation sites excluding steroid dienone is 1. The van der Waals surface area contributed by atoms with Crippen molar-refractivity contribution in [2.24, 2.45) is 9.98 Å². The third-order valence-electron chi connectivity index (χ3n) is 14.8. The number of amidine groups is 1. The normalized spacial score (nSPS) is 17.0. The van der Waals surface area contributed by atoms with Gasteiger partial charge in [-0.15, -0.1) is 11.3 Å². The summed E-state index contributed by atoms with van der Waals surface area (Å²) < 4.78 is 2.59. The van der Waals surface area contributed by atoms with E-state index in [0.717, 1.165) is 42.1 Å². The van der Waals surface area contributed by atoms with E-state index in [4.69, 9.17) is 9.98 Å². The number of nitrogens with zero attached hydrogens (tertiary/aromatic N) is 2. The molecule has 1 atom stereocenters. The van der Waals surface area contributed by atoms with E-state index in [-0.39, 0.29) is 11.3 Å². The maximum atomic E-state index is 5.69. The summed E-state index contributed by atoms with van der Waals surface area (Å²) in [6.07, 6.45) is 4.87. The molecule has 3 heteroatoms. The Morgan fingerprint density at radius 3 is 1.82 bits per heavy atom. The number of fused-ring (bicyclic) bond motifs is 16. The van der Waals surface area contributed by atoms with Crippen LogP contribution in [0.25, 0.3) is 70.4 Å². The number of hydrogen-bond donors (Lipinski definition) is 0. The van der Waals surface area contributed by atoms with Crippen LogP contribution in [-0.4, -0.2) is 11.5 Å². The van der Waals surface area contributed by atoms with Crippen molar-refractivity contribution in [2.75, 3.05) is 0 Å². The van der Waals surface area contributed by atoms with Crippen molar-refractivity contribution in [1.29, 1.82) is 0 Å². The van der Waals surface area contributed by atoms with Crippen LogP contribution in [0.1, 0.15) is 63.3 Å². The van der Waals surface area contributed by atoms with E-state index >= 15 is 0 Å². The molecular formula is C63H42N2S. The fourth-order valence-electron chi connectivity index (χ4n) is 12.0. The topological polar surface area (TPSA) is 24.7 Å². The first-order chi connectivity index (χ1) is 32.7. The lowest BCUT2D eigenvalue weighted by Gasteiger charge is -2.31. The quantitative estimate of drug-likeness (QED) is 0.168. The minimum absolute atomic E-state index is 0.0287. The summed E-state index contributed by atoms with van der Waals surface area (Å²) in [5.41, 5.74) is 22.4. The van der Waals surface area contributed by atoms with Gasteiger partial charge in [-0.05, 0) is 127 Å². The molecule has 3 aliphatic carbocycles. The van der Waals surface area contributed by atoms with Crippen molar-refractivity contribution in [3.8, 4) is 44.5 Å². The number of thiophene rings is 1. The molecule has 1 aromatic heterocycles. The number of hydrogen-bond acceptors (Lipinski definition) is 3. The zero-order valence-corrected chi connectivity index (χ0v) is 37.0. The summed E-state index contributed by atoms with van der Waals surface area (Å²) in [6.45, 7) is 0. The lowest BCUT2D eigenvalue weighted by molar-refractivity contribution is 0.794. The summed E-state index contributed by atoms with van der Waals surface area (Å²) in [5.74, 6) is 0.846. The smallest absolute Gasteiger partial charge is 0.137 e. The summed E-state index contributed by atoms with van der Waals surface area (Å²) in [4.78, 5) is 11.3. The Hall–Kier alpha value is -7.72. The first kappa shape index (κ1) is 37.6. The Bertz CT molecular complexity index is 3690. The largest absolute Gasteiger partial charge is 0.237 e. The van der Waals surface area contributed by atoms with Gasteiger partial charge in [-0.3, -0.25) is 0 Å². The maximum Gasteiger partial charge on any atom is 0.137 e. The molecule has 0 amide bonds. The lowest BCUT2D eigenvalue weighted by atomic mass is 9.70. The molecule has 0 saturated heterocycles. The molecule has 0 saturated carbocycles. The van der Waals surface area contributed by atoms with Crippen molar-refractivity contribution in [2.45, 2.75) is 30.6 Å². The molecule has 66 heavy (non-hydrogen) atoms. The minimum Gasteiger partial charge on any atom is -0.237 e. The number of rotatable bonds is 4. The highest BCUT2D eigenvalue weighted by atomic mass is 32.1. The van der Waals surface area contributed by atoms with E-state index in [1.165, 1.54) is 104 Å². The molecule has 0 bridgehead atoms. The predicted molar refractivity (Wildman–Crippen MR) is 277 cm³/mol. The molecule has 2 nitrogen and oxygen atoms in total. The standard InChI is InChI=1S/C63H42N2S/c1-2-16-39(17-3-1)57-28-15-29-58(49-24-14-31-60-61(49)50-23-9-13-30-59(50)66-60)65-62(64-57)52-37-42-33-32-40(36-51(42)43-18-4-5-19-44(43)52)41-34-35-48-47-22-8-12-27-55(47)63(56(48)38-41)53-25-10-6-20-45(53)46-21-7-11-26-54(46)63/h1-14,16-27,29-36,38,52H,15,28,37H2/b58-29-,64-57?,65-62?. The van der Waals surface area contributed by atoms with Gasteiger partial charge in [0, 0.05) is 31.7 Å². The monoisotopic (exact) mass is 858 g/mol. The first-order valence-corrected chi connectivity index (χ1v) is 24.0. The molecule has 10 aromatic rings. The fourth-order valence-corrected chi connectivity index (χ4v) is 13.1. The molecule has 0 radical (unpaired) electrons. The Morgan fingerprint density at radius 2 is 1.05 bits per heavy atom. The van der Waals surface area contributed by atoms with Crippen LogP contribution in [0.5, 0.6) is 0 Å². The second-order valence-electron chi connectivity index (χ2n) is 18.2. The molecule has 2 heterocycles. The van der Waals surface area contributed by atoms with E-state index in [1.54, 1.807) is 0 Å². The summed E-state index contributed by atoms with van der Waals surface area (Å²) in [6, 6.07) is 76.8. The Morgan fingerprint density at radius 1 is 0.439 bits per heavy atom. The van der Waals surface area contributed by atoms with E-state index < -0.39 is 0 Å². The van der Waals surface area contributed by atoms with Gasteiger partial charge in [0.2, 0.25) is 0 Å². The molecule has 4 aliphatic rings. The van der Waals surface area contributed by atoms with Crippen LogP contribution < -0.4 is 0 Å². The van der Waals surface area contributed by atoms with Crippen molar-refractivity contribution in [3.63, 3.8) is 0 Å². The fraction of sp³-hybridized carbons (Fsp3) is 0.0794. The highest BCUT2D eigenvalue weighted by molar-refractivity contribution is 7.25. The first-order valence-electron chi connectivity index (χ1n) is 23.2. The van der Waals surface area contributed by atoms with Gasteiger partial charge in [-0.1, -0.05) is 188 Å². The molecule has 1 aliphatic heterocycles. The third kappa shape index (κ3) is 5.47. The van der Waals surface area contributed by atoms with Crippen molar-refractivity contribution in [3.05, 3.63) is 257 Å². The van der Waals surface area contributed by atoms with Crippen molar-refractivity contribution < 1.29 is 0 Å². The Kier molecular flexibility index (Phi) is 8.35. The van der Waals surface area contributed by atoms with Gasteiger partial charge in [0.15, 0.2) is 0 Å². The van der Waals surface area contributed by atoms with Gasteiger partial charge in [0.05, 0.1) is 16.8 Å². The van der Waals surface area contributed by atoms with Crippen LogP contribution in [-0.2, 0) is 11.8 Å². The molecule has 1 unspecified atom stereocenters. The van der Waals surface area contributed by atoms with E-state index in [9.17, 15) is 0 Å². The zero-order chi connectivity index (χ0) is 43.3. The number of benzene rings is 9. The SMILES string of the molecule is C1=C(/c2cccc3sc4ccccc4c23)N=C(C2Cc3ccc(-c4ccc5c(c4)C4(c6ccccc6-c6ccccc64)c4ccccc4-5)cc3-c3ccccc32)N=C(c2ccccc2)CC/1. The zero-order valence-electron chi connectivity index (χ0n) is 36.2. The van der Waals surface area contributed by atoms with Crippen molar-refractivity contribution in [1.82, 2.24) is 0 Å². The Balaban J connectivity index is 0.907. The summed E-state index contributed by atoms with van der Waals surface area (Å²) in [7, 11) is 0. The van der Waals surface area contributed by atoms with E-state index in [0.29, 0.717) is 0 Å².